The molecule has 0 aliphatic carbocycles. The maximum absolute atomic E-state index is 12.7. The zero-order valence-corrected chi connectivity index (χ0v) is 15.9. The summed E-state index contributed by atoms with van der Waals surface area (Å²) in [5.41, 5.74) is 3.30. The summed E-state index contributed by atoms with van der Waals surface area (Å²) < 4.78 is 0. The van der Waals surface area contributed by atoms with Gasteiger partial charge >= 0.3 is 0 Å². The summed E-state index contributed by atoms with van der Waals surface area (Å²) in [6.07, 6.45) is 5.40. The minimum absolute atomic E-state index is 0.122. The Bertz CT molecular complexity index is 766. The zero-order chi connectivity index (χ0) is 19.2. The van der Waals surface area contributed by atoms with E-state index >= 15 is 0 Å². The number of hydrogen-bond acceptors (Lipinski definition) is 4. The number of nitrogens with one attached hydrogen (secondary N) is 3. The van der Waals surface area contributed by atoms with Crippen LogP contribution in [0.4, 0.5) is 5.69 Å². The summed E-state index contributed by atoms with van der Waals surface area (Å²) in [5, 5.41) is 5.84. The molecule has 1 aromatic heterocycles. The molecule has 1 atom stereocenters. The molecule has 27 heavy (non-hydrogen) atoms. The van der Waals surface area contributed by atoms with E-state index in [0.29, 0.717) is 6.42 Å². The van der Waals surface area contributed by atoms with Gasteiger partial charge in [-0.3, -0.25) is 9.59 Å². The quantitative estimate of drug-likeness (QED) is 0.721. The van der Waals surface area contributed by atoms with Crippen LogP contribution in [0.2, 0.25) is 0 Å². The number of carbonyl (C=O) groups is 2. The standard InChI is InChI=1S/C20H27N5O2/c1-14-4-3-5-18(10-14)25-8-6-16(7-9-25)24-20(27)19(23-15(2)26)11-17-12-21-13-22-17/h3-5,10,12-13,16,19H,6-9,11H2,1-2H3,(H,21,22)(H,23,26)(H,24,27)/t19-/m0/s1. The van der Waals surface area contributed by atoms with E-state index in [4.69, 9.17) is 0 Å². The lowest BCUT2D eigenvalue weighted by Gasteiger charge is -2.34. The predicted octanol–water partition coefficient (Wildman–Crippen LogP) is 1.55. The third kappa shape index (κ3) is 5.32. The number of rotatable bonds is 6. The molecule has 0 unspecified atom stereocenters. The SMILES string of the molecule is CC(=O)N[C@@H](Cc1cnc[nH]1)C(=O)NC1CCN(c2cccc(C)c2)CC1. The Morgan fingerprint density at radius 2 is 2.11 bits per heavy atom. The third-order valence-corrected chi connectivity index (χ3v) is 4.88. The topological polar surface area (TPSA) is 90.1 Å². The number of hydrogen-bond donors (Lipinski definition) is 3. The number of aromatic nitrogens is 2. The molecular weight excluding hydrogens is 342 g/mol. The van der Waals surface area contributed by atoms with Gasteiger partial charge in [-0.1, -0.05) is 12.1 Å². The van der Waals surface area contributed by atoms with Crippen LogP contribution in [0.1, 0.15) is 31.0 Å². The van der Waals surface area contributed by atoms with E-state index in [0.717, 1.165) is 31.6 Å². The predicted molar refractivity (Wildman–Crippen MR) is 104 cm³/mol. The highest BCUT2D eigenvalue weighted by atomic mass is 16.2. The molecule has 1 aromatic carbocycles. The minimum atomic E-state index is -0.599. The van der Waals surface area contributed by atoms with Crippen molar-refractivity contribution < 1.29 is 9.59 Å². The molecule has 7 heteroatoms. The van der Waals surface area contributed by atoms with E-state index < -0.39 is 6.04 Å². The van der Waals surface area contributed by atoms with E-state index in [1.54, 1.807) is 12.5 Å². The molecule has 1 aliphatic heterocycles. The average molecular weight is 369 g/mol. The van der Waals surface area contributed by atoms with E-state index in [1.807, 2.05) is 0 Å². The number of nitrogens with zero attached hydrogens (tertiary/aromatic N) is 2. The van der Waals surface area contributed by atoms with Gasteiger partial charge in [-0.15, -0.1) is 0 Å². The van der Waals surface area contributed by atoms with Crippen molar-refractivity contribution in [2.75, 3.05) is 18.0 Å². The number of anilines is 1. The second kappa shape index (κ2) is 8.70. The number of piperidine rings is 1. The van der Waals surface area contributed by atoms with Crippen molar-refractivity contribution in [3.05, 3.63) is 48.0 Å². The Labute approximate surface area is 159 Å². The van der Waals surface area contributed by atoms with Crippen LogP contribution in [-0.2, 0) is 16.0 Å². The first-order valence-electron chi connectivity index (χ1n) is 9.37. The van der Waals surface area contributed by atoms with Crippen molar-refractivity contribution in [3.63, 3.8) is 0 Å². The van der Waals surface area contributed by atoms with Gasteiger partial charge in [0.1, 0.15) is 6.04 Å². The van der Waals surface area contributed by atoms with Crippen LogP contribution in [0.15, 0.2) is 36.8 Å². The number of carbonyl (C=O) groups excluding carboxylic acids is 2. The van der Waals surface area contributed by atoms with Crippen molar-refractivity contribution in [1.82, 2.24) is 20.6 Å². The van der Waals surface area contributed by atoms with Crippen LogP contribution in [0.25, 0.3) is 0 Å². The summed E-state index contributed by atoms with van der Waals surface area (Å²) in [4.78, 5) is 33.5. The molecule has 1 fully saturated rings. The molecule has 144 valence electrons. The van der Waals surface area contributed by atoms with E-state index in [1.165, 1.54) is 18.2 Å². The van der Waals surface area contributed by atoms with Crippen molar-refractivity contribution in [2.24, 2.45) is 0 Å². The summed E-state index contributed by atoms with van der Waals surface area (Å²) in [6.45, 7) is 5.32. The van der Waals surface area contributed by atoms with Crippen LogP contribution in [-0.4, -0.2) is 47.0 Å². The monoisotopic (exact) mass is 369 g/mol. The van der Waals surface area contributed by atoms with Gasteiger partial charge in [0.2, 0.25) is 11.8 Å². The lowest BCUT2D eigenvalue weighted by atomic mass is 10.0. The van der Waals surface area contributed by atoms with E-state index in [9.17, 15) is 9.59 Å². The Morgan fingerprint density at radius 1 is 1.33 bits per heavy atom. The van der Waals surface area contributed by atoms with Crippen molar-refractivity contribution in [2.45, 2.75) is 45.2 Å². The molecule has 2 heterocycles. The lowest BCUT2D eigenvalue weighted by molar-refractivity contribution is -0.128. The van der Waals surface area contributed by atoms with Gasteiger partial charge < -0.3 is 20.5 Å². The molecule has 1 saturated heterocycles. The van der Waals surface area contributed by atoms with Gasteiger partial charge in [-0.2, -0.15) is 0 Å². The fourth-order valence-corrected chi connectivity index (χ4v) is 3.48. The molecule has 1 aliphatic rings. The number of imidazole rings is 1. The summed E-state index contributed by atoms with van der Waals surface area (Å²) in [7, 11) is 0. The second-order valence-electron chi connectivity index (χ2n) is 7.14. The van der Waals surface area contributed by atoms with Crippen molar-refractivity contribution in [3.8, 4) is 0 Å². The maximum atomic E-state index is 12.7. The Kier molecular flexibility index (Phi) is 6.11. The Hall–Kier alpha value is -2.83. The van der Waals surface area contributed by atoms with Crippen LogP contribution in [0.5, 0.6) is 0 Å². The zero-order valence-electron chi connectivity index (χ0n) is 15.9. The molecular formula is C20H27N5O2. The first-order chi connectivity index (χ1) is 13.0. The Morgan fingerprint density at radius 3 is 2.74 bits per heavy atom. The Balaban J connectivity index is 1.54. The average Bonchev–Trinajstić information content (AvgIpc) is 3.14. The number of benzene rings is 1. The number of aryl methyl sites for hydroxylation is 1. The van der Waals surface area contributed by atoms with Crippen LogP contribution in [0, 0.1) is 6.92 Å². The van der Waals surface area contributed by atoms with Gasteiger partial charge in [-0.25, -0.2) is 4.98 Å². The fourth-order valence-electron chi connectivity index (χ4n) is 3.48. The van der Waals surface area contributed by atoms with Gasteiger partial charge in [0.05, 0.1) is 6.33 Å². The van der Waals surface area contributed by atoms with Gasteiger partial charge in [0.25, 0.3) is 0 Å². The normalized spacial score (nSPS) is 16.0. The van der Waals surface area contributed by atoms with Crippen LogP contribution < -0.4 is 15.5 Å². The van der Waals surface area contributed by atoms with Gasteiger partial charge in [-0.05, 0) is 37.5 Å². The molecule has 3 rings (SSSR count). The summed E-state index contributed by atoms with van der Waals surface area (Å²) in [5.74, 6) is -0.363. The minimum Gasteiger partial charge on any atom is -0.371 e. The number of amides is 2. The summed E-state index contributed by atoms with van der Waals surface area (Å²) in [6, 6.07) is 8.01. The molecule has 0 bridgehead atoms. The third-order valence-electron chi connectivity index (χ3n) is 4.88. The molecule has 3 N–H and O–H groups in total. The summed E-state index contributed by atoms with van der Waals surface area (Å²) >= 11 is 0. The first kappa shape index (κ1) is 18.9. The first-order valence-corrected chi connectivity index (χ1v) is 9.37. The van der Waals surface area contributed by atoms with Crippen LogP contribution >= 0.6 is 0 Å². The highest BCUT2D eigenvalue weighted by Crippen LogP contribution is 2.21. The lowest BCUT2D eigenvalue weighted by Crippen LogP contribution is -2.52. The molecule has 7 nitrogen and oxygen atoms in total. The molecule has 2 aromatic rings. The van der Waals surface area contributed by atoms with Crippen LogP contribution in [0.3, 0.4) is 0 Å². The largest absolute Gasteiger partial charge is 0.371 e. The van der Waals surface area contributed by atoms with E-state index in [-0.39, 0.29) is 17.9 Å². The van der Waals surface area contributed by atoms with Gasteiger partial charge in [0.15, 0.2) is 0 Å². The fraction of sp³-hybridized carbons (Fsp3) is 0.450. The number of H-pyrrole nitrogens is 1. The molecule has 0 saturated carbocycles. The highest BCUT2D eigenvalue weighted by molar-refractivity contribution is 5.87. The molecule has 0 radical (unpaired) electrons. The van der Waals surface area contributed by atoms with Gasteiger partial charge in [0, 0.05) is 50.1 Å². The smallest absolute Gasteiger partial charge is 0.243 e. The molecule has 2 amide bonds. The highest BCUT2D eigenvalue weighted by Gasteiger charge is 2.26. The second-order valence-corrected chi connectivity index (χ2v) is 7.14. The maximum Gasteiger partial charge on any atom is 0.243 e. The van der Waals surface area contributed by atoms with Crippen molar-refractivity contribution >= 4 is 17.5 Å². The van der Waals surface area contributed by atoms with Crippen molar-refractivity contribution in [1.29, 1.82) is 0 Å². The number of aromatic amines is 1. The van der Waals surface area contributed by atoms with E-state index in [2.05, 4.69) is 56.7 Å². The molecule has 0 spiro atoms.